The first-order chi connectivity index (χ1) is 17.7. The molecule has 0 bridgehead atoms. The molecule has 0 saturated carbocycles. The Labute approximate surface area is 214 Å². The molecule has 10 heteroatoms. The average molecular weight is 508 g/mol. The molecule has 3 heterocycles. The Morgan fingerprint density at radius 3 is 2.46 bits per heavy atom. The number of amides is 4. The van der Waals surface area contributed by atoms with E-state index >= 15 is 0 Å². The smallest absolute Gasteiger partial charge is 0.407 e. The molecule has 2 fully saturated rings. The Morgan fingerprint density at radius 1 is 1.05 bits per heavy atom. The molecule has 1 unspecified atom stereocenters. The van der Waals surface area contributed by atoms with E-state index in [9.17, 15) is 24.3 Å². The molecule has 0 spiro atoms. The summed E-state index contributed by atoms with van der Waals surface area (Å²) in [5.74, 6) is 0.407. The number of hydrogen-bond donors (Lipinski definition) is 1. The monoisotopic (exact) mass is 507 g/mol. The number of methoxy groups -OCH3 is 1. The molecule has 2 aromatic carbocycles. The minimum absolute atomic E-state index is 0.0385. The summed E-state index contributed by atoms with van der Waals surface area (Å²) in [4.78, 5) is 54.6. The molecule has 0 aliphatic carbocycles. The highest BCUT2D eigenvalue weighted by Gasteiger charge is 2.43. The number of benzene rings is 2. The lowest BCUT2D eigenvalue weighted by atomic mass is 10.0. The zero-order valence-corrected chi connectivity index (χ0v) is 20.8. The van der Waals surface area contributed by atoms with Crippen molar-refractivity contribution in [3.05, 3.63) is 59.2 Å². The van der Waals surface area contributed by atoms with Gasteiger partial charge in [-0.1, -0.05) is 19.1 Å². The molecule has 3 atom stereocenters. The lowest BCUT2D eigenvalue weighted by molar-refractivity contribution is -0.153. The Hall–Kier alpha value is -4.08. The minimum atomic E-state index is -0.968. The molecule has 2 aromatic rings. The van der Waals surface area contributed by atoms with Crippen molar-refractivity contribution in [1.82, 2.24) is 14.7 Å². The first-order valence-electron chi connectivity index (χ1n) is 12.3. The maximum Gasteiger partial charge on any atom is 0.407 e. The third-order valence-corrected chi connectivity index (χ3v) is 7.37. The van der Waals surface area contributed by atoms with Crippen LogP contribution in [0.4, 0.5) is 4.79 Å². The third-order valence-electron chi connectivity index (χ3n) is 7.37. The van der Waals surface area contributed by atoms with Gasteiger partial charge in [0.2, 0.25) is 5.91 Å². The van der Waals surface area contributed by atoms with Crippen LogP contribution in [0.3, 0.4) is 0 Å². The molecular formula is C27H29N3O7. The van der Waals surface area contributed by atoms with E-state index in [1.54, 1.807) is 37.4 Å². The molecule has 4 amide bonds. The van der Waals surface area contributed by atoms with Gasteiger partial charge in [0.25, 0.3) is 11.8 Å². The second-order valence-corrected chi connectivity index (χ2v) is 9.79. The Bertz CT molecular complexity index is 1250. The van der Waals surface area contributed by atoms with Gasteiger partial charge < -0.3 is 24.4 Å². The fraction of sp³-hybridized carbons (Fsp3) is 0.407. The van der Waals surface area contributed by atoms with Gasteiger partial charge in [-0.15, -0.1) is 0 Å². The van der Waals surface area contributed by atoms with Crippen LogP contribution in [0.1, 0.15) is 41.3 Å². The number of hydrogen-bond acceptors (Lipinski definition) is 6. The molecule has 2 saturated heterocycles. The molecule has 10 nitrogen and oxygen atoms in total. The summed E-state index contributed by atoms with van der Waals surface area (Å²) in [7, 11) is 1.57. The van der Waals surface area contributed by atoms with Crippen molar-refractivity contribution in [2.24, 2.45) is 5.92 Å². The van der Waals surface area contributed by atoms with Crippen molar-refractivity contribution < 1.29 is 33.8 Å². The van der Waals surface area contributed by atoms with E-state index in [0.717, 1.165) is 11.1 Å². The van der Waals surface area contributed by atoms with Crippen molar-refractivity contribution in [2.45, 2.75) is 45.0 Å². The van der Waals surface area contributed by atoms with E-state index in [-0.39, 0.29) is 62.2 Å². The largest absolute Gasteiger partial charge is 0.497 e. The number of imide groups is 1. The first kappa shape index (κ1) is 24.6. The third kappa shape index (κ3) is 4.71. The molecule has 0 aromatic heterocycles. The van der Waals surface area contributed by atoms with Crippen LogP contribution in [0.25, 0.3) is 0 Å². The van der Waals surface area contributed by atoms with Gasteiger partial charge in [-0.2, -0.15) is 0 Å². The van der Waals surface area contributed by atoms with Crippen molar-refractivity contribution in [3.63, 3.8) is 0 Å². The van der Waals surface area contributed by atoms with E-state index in [0.29, 0.717) is 23.6 Å². The predicted octanol–water partition coefficient (Wildman–Crippen LogP) is 2.75. The summed E-state index contributed by atoms with van der Waals surface area (Å²) in [5.41, 5.74) is 2.05. The fourth-order valence-electron chi connectivity index (χ4n) is 5.26. The predicted molar refractivity (Wildman–Crippen MR) is 131 cm³/mol. The molecule has 0 radical (unpaired) electrons. The second-order valence-electron chi connectivity index (χ2n) is 9.79. The van der Waals surface area contributed by atoms with Gasteiger partial charge in [0.05, 0.1) is 20.2 Å². The number of nitrogens with zero attached hydrogens (tertiary/aromatic N) is 3. The Morgan fingerprint density at radius 2 is 1.78 bits per heavy atom. The normalized spacial score (nSPS) is 23.5. The molecule has 5 rings (SSSR count). The van der Waals surface area contributed by atoms with E-state index in [4.69, 9.17) is 9.47 Å². The molecule has 37 heavy (non-hydrogen) atoms. The van der Waals surface area contributed by atoms with Crippen LogP contribution in [-0.2, 0) is 22.7 Å². The van der Waals surface area contributed by atoms with Crippen molar-refractivity contribution in [2.75, 3.05) is 20.2 Å². The van der Waals surface area contributed by atoms with Gasteiger partial charge in [-0.3, -0.25) is 19.3 Å². The van der Waals surface area contributed by atoms with Gasteiger partial charge >= 0.3 is 6.09 Å². The van der Waals surface area contributed by atoms with Gasteiger partial charge in [-0.05, 0) is 47.9 Å². The number of ether oxygens (including phenoxy) is 2. The molecule has 194 valence electrons. The fourth-order valence-corrected chi connectivity index (χ4v) is 5.26. The van der Waals surface area contributed by atoms with Crippen LogP contribution in [0.2, 0.25) is 0 Å². The van der Waals surface area contributed by atoms with Crippen molar-refractivity contribution >= 4 is 23.8 Å². The van der Waals surface area contributed by atoms with Gasteiger partial charge in [0, 0.05) is 31.0 Å². The topological polar surface area (TPSA) is 117 Å². The number of fused-ring (bicyclic) bond motifs is 1. The van der Waals surface area contributed by atoms with Crippen LogP contribution >= 0.6 is 0 Å². The number of rotatable bonds is 6. The minimum Gasteiger partial charge on any atom is -0.497 e. The second kappa shape index (κ2) is 9.76. The summed E-state index contributed by atoms with van der Waals surface area (Å²) in [6.45, 7) is 3.02. The lowest BCUT2D eigenvalue weighted by Gasteiger charge is -2.35. The van der Waals surface area contributed by atoms with Crippen molar-refractivity contribution in [1.29, 1.82) is 0 Å². The highest BCUT2D eigenvalue weighted by Crippen LogP contribution is 2.33. The summed E-state index contributed by atoms with van der Waals surface area (Å²) in [5, 5.41) is 9.25. The number of carbonyl (C=O) groups excluding carboxylic acids is 3. The van der Waals surface area contributed by atoms with Crippen LogP contribution in [0.5, 0.6) is 11.5 Å². The van der Waals surface area contributed by atoms with Crippen LogP contribution in [0.15, 0.2) is 42.5 Å². The SMILES string of the molecule is COc1ccc(CN2C(=O)CCC(N3Cc4cc(O[C@@H]5CN(C(=O)O)C[C@H]5C)ccc4C3=O)C2=O)cc1. The van der Waals surface area contributed by atoms with Gasteiger partial charge in [-0.25, -0.2) is 4.79 Å². The molecular weight excluding hydrogens is 478 g/mol. The summed E-state index contributed by atoms with van der Waals surface area (Å²) < 4.78 is 11.2. The van der Waals surface area contributed by atoms with E-state index in [1.807, 2.05) is 19.1 Å². The number of carbonyl (C=O) groups is 4. The quantitative estimate of drug-likeness (QED) is 0.598. The van der Waals surface area contributed by atoms with Crippen LogP contribution in [0, 0.1) is 5.92 Å². The van der Waals surface area contributed by atoms with Gasteiger partial charge in [0.1, 0.15) is 23.6 Å². The maximum absolute atomic E-state index is 13.4. The first-order valence-corrected chi connectivity index (χ1v) is 12.3. The number of carboxylic acid groups (broad SMARTS) is 1. The van der Waals surface area contributed by atoms with Crippen molar-refractivity contribution in [3.8, 4) is 11.5 Å². The lowest BCUT2D eigenvalue weighted by Crippen LogP contribution is -2.54. The van der Waals surface area contributed by atoms with Crippen LogP contribution in [-0.4, -0.2) is 76.0 Å². The highest BCUT2D eigenvalue weighted by atomic mass is 16.5. The van der Waals surface area contributed by atoms with E-state index < -0.39 is 12.1 Å². The molecule has 3 aliphatic heterocycles. The zero-order valence-electron chi connectivity index (χ0n) is 20.8. The standard InChI is InChI=1S/C27H29N3O7/c1-16-12-28(27(34)35)15-23(16)37-20-7-8-21-18(11-20)14-29(25(21)32)22-9-10-24(31)30(26(22)33)13-17-3-5-19(36-2)6-4-17/h3-8,11,16,22-23H,9-10,12-15H2,1-2H3,(H,34,35)/t16-,22?,23-/m1/s1. The maximum atomic E-state index is 13.4. The summed E-state index contributed by atoms with van der Waals surface area (Å²) >= 11 is 0. The van der Waals surface area contributed by atoms with E-state index in [2.05, 4.69) is 0 Å². The molecule has 1 N–H and O–H groups in total. The Balaban J connectivity index is 1.28. The summed E-state index contributed by atoms with van der Waals surface area (Å²) in [6.07, 6.45) is -0.782. The van der Waals surface area contributed by atoms with Crippen LogP contribution < -0.4 is 9.47 Å². The highest BCUT2D eigenvalue weighted by molar-refractivity contribution is 6.05. The number of likely N-dealkylation sites (tertiary alicyclic amines) is 2. The zero-order chi connectivity index (χ0) is 26.3. The Kier molecular flexibility index (Phi) is 6.49. The average Bonchev–Trinajstić information content (AvgIpc) is 3.41. The van der Waals surface area contributed by atoms with Gasteiger partial charge in [0.15, 0.2) is 0 Å². The van der Waals surface area contributed by atoms with E-state index in [1.165, 1.54) is 14.7 Å². The molecule has 3 aliphatic rings. The summed E-state index contributed by atoms with van der Waals surface area (Å²) in [6, 6.07) is 11.6. The number of piperidine rings is 1.